The van der Waals surface area contributed by atoms with Gasteiger partial charge in [0.05, 0.1) is 18.7 Å². The maximum atomic E-state index is 11.3. The number of ether oxygens (including phenoxy) is 1. The molecule has 25 heavy (non-hydrogen) atoms. The maximum Gasteiger partial charge on any atom is 0.127 e. The lowest BCUT2D eigenvalue weighted by molar-refractivity contribution is -0.871. The zero-order valence-corrected chi connectivity index (χ0v) is 14.6. The highest BCUT2D eigenvalue weighted by atomic mass is 16.5. The summed E-state index contributed by atoms with van der Waals surface area (Å²) in [6, 6.07) is 7.69. The van der Waals surface area contributed by atoms with Gasteiger partial charge in [-0.1, -0.05) is 6.08 Å². The van der Waals surface area contributed by atoms with E-state index in [1.807, 2.05) is 30.3 Å². The minimum atomic E-state index is -0.615. The van der Waals surface area contributed by atoms with Crippen molar-refractivity contribution in [2.75, 3.05) is 20.2 Å². The largest absolute Gasteiger partial charge is 0.583 e. The summed E-state index contributed by atoms with van der Waals surface area (Å²) in [6.07, 6.45) is 5.23. The number of pyridine rings is 1. The van der Waals surface area contributed by atoms with Gasteiger partial charge >= 0.3 is 0 Å². The number of fused-ring (bicyclic) bond motifs is 4. The van der Waals surface area contributed by atoms with Gasteiger partial charge in [-0.2, -0.15) is 0 Å². The van der Waals surface area contributed by atoms with Gasteiger partial charge in [0.2, 0.25) is 0 Å². The van der Waals surface area contributed by atoms with Crippen LogP contribution in [0.15, 0.2) is 43.1 Å². The van der Waals surface area contributed by atoms with Crippen LogP contribution in [0, 0.1) is 11.8 Å². The summed E-state index contributed by atoms with van der Waals surface area (Å²) in [4.78, 5) is 4.42. The Labute approximate surface area is 150 Å². The van der Waals surface area contributed by atoms with Crippen LogP contribution in [-0.4, -0.2) is 48.7 Å². The molecule has 2 aromatic rings. The van der Waals surface area contributed by atoms with Crippen molar-refractivity contribution in [3.8, 4) is 5.75 Å². The molecule has 1 aromatic carbocycles. The highest BCUT2D eigenvalue weighted by Gasteiger charge is 2.45. The molecule has 0 unspecified atom stereocenters. The highest BCUT2D eigenvalue weighted by molar-refractivity contribution is 5.97. The molecule has 3 aliphatic rings. The molecule has 0 spiro atoms. The van der Waals surface area contributed by atoms with Crippen molar-refractivity contribution in [1.29, 1.82) is 0 Å². The van der Waals surface area contributed by atoms with Gasteiger partial charge in [-0.25, -0.2) is 7.98 Å². The zero-order valence-electron chi connectivity index (χ0n) is 14.6. The standard InChI is InChI=1S/C20H24BN2O2/c1-3-13-12-23(21)9-7-14(13)10-19(23)20(24)16-6-8-22-18-5-4-15(25-2)11-17(16)18/h3-6,8,11,13-14,19-20,24H,1,7,9-10,12H2,2H3/t13-,14-,19-,20+,23+/m0/s1. The molecular weight excluding hydrogens is 311 g/mol. The molecule has 2 bridgehead atoms. The SMILES string of the molecule is [B-][N@@+]12CC[C@@H](C[C@H]1[C@H](O)c1ccnc3ccc(OC)cc13)[C@@H](C=C)C2. The minimum absolute atomic E-state index is 0.00625. The van der Waals surface area contributed by atoms with Gasteiger partial charge in [0.1, 0.15) is 11.9 Å². The van der Waals surface area contributed by atoms with Gasteiger partial charge in [0.25, 0.3) is 0 Å². The minimum Gasteiger partial charge on any atom is -0.583 e. The first-order valence-corrected chi connectivity index (χ1v) is 8.94. The van der Waals surface area contributed by atoms with Crippen LogP contribution in [0.2, 0.25) is 0 Å². The first-order chi connectivity index (χ1) is 12.1. The van der Waals surface area contributed by atoms with Crippen LogP contribution in [0.5, 0.6) is 5.75 Å². The topological polar surface area (TPSA) is 42.4 Å². The summed E-state index contributed by atoms with van der Waals surface area (Å²) in [5.41, 5.74) is 1.75. The Morgan fingerprint density at radius 1 is 1.44 bits per heavy atom. The lowest BCUT2D eigenvalue weighted by Gasteiger charge is -2.66. The van der Waals surface area contributed by atoms with E-state index in [9.17, 15) is 5.11 Å². The van der Waals surface area contributed by atoms with Crippen molar-refractivity contribution in [2.45, 2.75) is 25.0 Å². The molecule has 5 heteroatoms. The van der Waals surface area contributed by atoms with Crippen LogP contribution in [0.1, 0.15) is 24.5 Å². The van der Waals surface area contributed by atoms with Gasteiger partial charge in [-0.3, -0.25) is 4.98 Å². The molecular formula is C20H24BN2O2. The number of piperidine rings is 3. The van der Waals surface area contributed by atoms with Crippen molar-refractivity contribution < 1.29 is 14.2 Å². The van der Waals surface area contributed by atoms with E-state index in [0.29, 0.717) is 16.2 Å². The normalized spacial score (nSPS) is 32.5. The number of aliphatic hydroxyl groups excluding tert-OH is 1. The molecule has 3 saturated heterocycles. The number of aliphatic hydroxyl groups is 1. The first kappa shape index (κ1) is 16.6. The Hall–Kier alpha value is -1.85. The van der Waals surface area contributed by atoms with Crippen molar-refractivity contribution in [1.82, 2.24) is 4.98 Å². The van der Waals surface area contributed by atoms with Crippen LogP contribution in [0.3, 0.4) is 0 Å². The average Bonchev–Trinajstić information content (AvgIpc) is 2.66. The molecule has 3 aliphatic heterocycles. The van der Waals surface area contributed by atoms with Crippen molar-refractivity contribution in [3.63, 3.8) is 0 Å². The number of nitrogens with zero attached hydrogens (tertiary/aromatic N) is 2. The lowest BCUT2D eigenvalue weighted by atomic mass is 9.69. The monoisotopic (exact) mass is 335 g/mol. The summed E-state index contributed by atoms with van der Waals surface area (Å²) in [5.74, 6) is 1.79. The van der Waals surface area contributed by atoms with Gasteiger partial charge in [0, 0.05) is 37.0 Å². The molecule has 3 radical (unpaired) electrons. The van der Waals surface area contributed by atoms with E-state index < -0.39 is 6.10 Å². The molecule has 4 nitrogen and oxygen atoms in total. The molecule has 5 atom stereocenters. The van der Waals surface area contributed by atoms with Gasteiger partial charge in [0.15, 0.2) is 0 Å². The van der Waals surface area contributed by atoms with E-state index in [1.54, 1.807) is 13.3 Å². The molecule has 5 rings (SSSR count). The molecule has 4 heterocycles. The van der Waals surface area contributed by atoms with Crippen molar-refractivity contribution in [2.24, 2.45) is 11.8 Å². The number of quaternary nitrogens is 1. The second kappa shape index (κ2) is 6.15. The Balaban J connectivity index is 1.73. The van der Waals surface area contributed by atoms with Crippen LogP contribution < -0.4 is 4.74 Å². The zero-order chi connectivity index (χ0) is 17.6. The first-order valence-electron chi connectivity index (χ1n) is 8.94. The van der Waals surface area contributed by atoms with Crippen LogP contribution >= 0.6 is 0 Å². The Bertz CT molecular complexity index is 811. The van der Waals surface area contributed by atoms with E-state index in [2.05, 4.69) is 11.6 Å². The number of benzene rings is 1. The summed E-state index contributed by atoms with van der Waals surface area (Å²) in [5, 5.41) is 12.2. The van der Waals surface area contributed by atoms with Crippen LogP contribution in [0.4, 0.5) is 0 Å². The highest BCUT2D eigenvalue weighted by Crippen LogP contribution is 2.45. The summed E-state index contributed by atoms with van der Waals surface area (Å²) in [7, 11) is 8.38. The fraction of sp³-hybridized carbons (Fsp3) is 0.450. The average molecular weight is 335 g/mol. The number of hydrogen-bond donors (Lipinski definition) is 1. The van der Waals surface area contributed by atoms with Crippen molar-refractivity contribution >= 4 is 18.9 Å². The summed E-state index contributed by atoms with van der Waals surface area (Å²) in [6.45, 7) is 5.76. The molecule has 0 aliphatic carbocycles. The molecule has 0 saturated carbocycles. The van der Waals surface area contributed by atoms with E-state index >= 15 is 0 Å². The quantitative estimate of drug-likeness (QED) is 0.690. The third-order valence-electron chi connectivity index (χ3n) is 6.25. The Morgan fingerprint density at radius 3 is 3.00 bits per heavy atom. The smallest absolute Gasteiger partial charge is 0.127 e. The maximum absolute atomic E-state index is 11.3. The summed E-state index contributed by atoms with van der Waals surface area (Å²) < 4.78 is 5.78. The van der Waals surface area contributed by atoms with Crippen molar-refractivity contribution in [3.05, 3.63) is 48.7 Å². The lowest BCUT2D eigenvalue weighted by Crippen LogP contribution is -2.66. The predicted octanol–water partition coefficient (Wildman–Crippen LogP) is 2.77. The number of methoxy groups -OCH3 is 1. The van der Waals surface area contributed by atoms with Crippen LogP contribution in [0.25, 0.3) is 10.9 Å². The number of aromatic nitrogens is 1. The van der Waals surface area contributed by atoms with Gasteiger partial charge < -0.3 is 14.2 Å². The molecule has 129 valence electrons. The molecule has 1 aromatic heterocycles. The second-order valence-corrected chi connectivity index (χ2v) is 7.49. The Morgan fingerprint density at radius 2 is 2.28 bits per heavy atom. The fourth-order valence-electron chi connectivity index (χ4n) is 4.78. The molecule has 1 N–H and O–H groups in total. The predicted molar refractivity (Wildman–Crippen MR) is 99.2 cm³/mol. The van der Waals surface area contributed by atoms with Crippen LogP contribution in [-0.2, 0) is 0 Å². The number of rotatable bonds is 4. The fourth-order valence-corrected chi connectivity index (χ4v) is 4.78. The van der Waals surface area contributed by atoms with E-state index in [4.69, 9.17) is 12.7 Å². The number of hydrogen-bond acceptors (Lipinski definition) is 3. The van der Waals surface area contributed by atoms with E-state index in [0.717, 1.165) is 48.1 Å². The molecule has 3 fully saturated rings. The van der Waals surface area contributed by atoms with Gasteiger partial charge in [-0.15, -0.1) is 6.58 Å². The van der Waals surface area contributed by atoms with Gasteiger partial charge in [-0.05, 0) is 42.2 Å². The second-order valence-electron chi connectivity index (χ2n) is 7.49. The third-order valence-corrected chi connectivity index (χ3v) is 6.25. The third kappa shape index (κ3) is 2.66. The van der Waals surface area contributed by atoms with E-state index in [-0.39, 0.29) is 6.04 Å². The Kier molecular flexibility index (Phi) is 4.09. The van der Waals surface area contributed by atoms with E-state index in [1.165, 1.54) is 0 Å². The summed E-state index contributed by atoms with van der Waals surface area (Å²) >= 11 is 0. The molecule has 0 amide bonds.